The van der Waals surface area contributed by atoms with Crippen LogP contribution < -0.4 is 10.6 Å². The minimum Gasteiger partial charge on any atom is -0.335 e. The predicted molar refractivity (Wildman–Crippen MR) is 83.1 cm³/mol. The van der Waals surface area contributed by atoms with Gasteiger partial charge in [-0.05, 0) is 43.2 Å². The smallest absolute Gasteiger partial charge is 0.335 e. The van der Waals surface area contributed by atoms with Crippen LogP contribution in [0.3, 0.4) is 0 Å². The summed E-state index contributed by atoms with van der Waals surface area (Å²) < 4.78 is 63.8. The van der Waals surface area contributed by atoms with Crippen molar-refractivity contribution >= 4 is 11.7 Å². The standard InChI is InChI=1S/C17H15F5N2O/c1-10(8-11-2-4-12(5-3-11)17(20,21)22)23-16(25)24-15-7-6-13(18)9-14(15)19/h2-7,9-10H,8H2,1H3,(H2,23,24,25). The molecule has 0 bridgehead atoms. The van der Waals surface area contributed by atoms with Gasteiger partial charge in [-0.1, -0.05) is 12.1 Å². The average Bonchev–Trinajstić information content (AvgIpc) is 2.49. The number of amides is 2. The first kappa shape index (κ1) is 18.7. The van der Waals surface area contributed by atoms with Crippen molar-refractivity contribution in [1.82, 2.24) is 5.32 Å². The molecule has 1 atom stereocenters. The van der Waals surface area contributed by atoms with Gasteiger partial charge in [0.2, 0.25) is 0 Å². The lowest BCUT2D eigenvalue weighted by atomic mass is 10.1. The normalized spacial score (nSPS) is 12.6. The number of nitrogens with one attached hydrogen (secondary N) is 2. The van der Waals surface area contributed by atoms with Crippen molar-refractivity contribution in [3.63, 3.8) is 0 Å². The molecule has 0 aliphatic carbocycles. The van der Waals surface area contributed by atoms with E-state index in [1.807, 2.05) is 0 Å². The molecule has 2 N–H and O–H groups in total. The molecule has 0 spiro atoms. The molecule has 2 aromatic rings. The van der Waals surface area contributed by atoms with Crippen molar-refractivity contribution < 1.29 is 26.7 Å². The maximum atomic E-state index is 13.5. The number of alkyl halides is 3. The number of rotatable bonds is 4. The summed E-state index contributed by atoms with van der Waals surface area (Å²) in [6, 6.07) is 6.21. The Kier molecular flexibility index (Phi) is 5.61. The van der Waals surface area contributed by atoms with Crippen LogP contribution in [-0.4, -0.2) is 12.1 Å². The SMILES string of the molecule is CC(Cc1ccc(C(F)(F)F)cc1)NC(=O)Nc1ccc(F)cc1F. The molecule has 0 saturated heterocycles. The molecule has 0 fully saturated rings. The fourth-order valence-electron chi connectivity index (χ4n) is 2.21. The van der Waals surface area contributed by atoms with E-state index in [2.05, 4.69) is 10.6 Å². The molecule has 0 radical (unpaired) electrons. The molecule has 0 aliphatic heterocycles. The van der Waals surface area contributed by atoms with E-state index in [4.69, 9.17) is 0 Å². The zero-order valence-electron chi connectivity index (χ0n) is 13.1. The van der Waals surface area contributed by atoms with Gasteiger partial charge in [0, 0.05) is 12.1 Å². The molecule has 0 heterocycles. The first-order valence-electron chi connectivity index (χ1n) is 7.34. The molecule has 2 aromatic carbocycles. The Morgan fingerprint density at radius 3 is 2.28 bits per heavy atom. The number of anilines is 1. The van der Waals surface area contributed by atoms with Gasteiger partial charge < -0.3 is 10.6 Å². The Labute approximate surface area is 140 Å². The van der Waals surface area contributed by atoms with Crippen LogP contribution in [0.5, 0.6) is 0 Å². The van der Waals surface area contributed by atoms with Crippen LogP contribution in [-0.2, 0) is 12.6 Å². The predicted octanol–water partition coefficient (Wildman–Crippen LogP) is 4.74. The van der Waals surface area contributed by atoms with E-state index in [9.17, 15) is 26.7 Å². The first-order valence-corrected chi connectivity index (χ1v) is 7.34. The van der Waals surface area contributed by atoms with E-state index in [1.54, 1.807) is 6.92 Å². The summed E-state index contributed by atoms with van der Waals surface area (Å²) in [7, 11) is 0. The lowest BCUT2D eigenvalue weighted by molar-refractivity contribution is -0.137. The topological polar surface area (TPSA) is 41.1 Å². The summed E-state index contributed by atoms with van der Waals surface area (Å²) >= 11 is 0. The fourth-order valence-corrected chi connectivity index (χ4v) is 2.21. The summed E-state index contributed by atoms with van der Waals surface area (Å²) in [5, 5.41) is 4.77. The fraction of sp³-hybridized carbons (Fsp3) is 0.235. The minimum absolute atomic E-state index is 0.180. The Morgan fingerprint density at radius 1 is 1.08 bits per heavy atom. The number of halogens is 5. The molecule has 0 aromatic heterocycles. The number of urea groups is 1. The van der Waals surface area contributed by atoms with Crippen molar-refractivity contribution in [3.05, 3.63) is 65.2 Å². The summed E-state index contributed by atoms with van der Waals surface area (Å²) in [5.74, 6) is -1.68. The van der Waals surface area contributed by atoms with Gasteiger partial charge in [0.15, 0.2) is 0 Å². The van der Waals surface area contributed by atoms with E-state index in [-0.39, 0.29) is 12.1 Å². The highest BCUT2D eigenvalue weighted by Gasteiger charge is 2.29. The average molecular weight is 358 g/mol. The van der Waals surface area contributed by atoms with Crippen LogP contribution in [0.2, 0.25) is 0 Å². The summed E-state index contributed by atoms with van der Waals surface area (Å²) in [6.45, 7) is 1.65. The van der Waals surface area contributed by atoms with Gasteiger partial charge in [-0.2, -0.15) is 13.2 Å². The Balaban J connectivity index is 1.91. The first-order chi connectivity index (χ1) is 11.6. The van der Waals surface area contributed by atoms with Gasteiger partial charge in [0.25, 0.3) is 0 Å². The molecule has 1 unspecified atom stereocenters. The Bertz CT molecular complexity index is 744. The number of carbonyl (C=O) groups is 1. The molecule has 8 heteroatoms. The molecular weight excluding hydrogens is 343 g/mol. The molecule has 0 saturated carbocycles. The van der Waals surface area contributed by atoms with E-state index in [0.29, 0.717) is 11.6 Å². The number of benzene rings is 2. The maximum Gasteiger partial charge on any atom is 0.416 e. The van der Waals surface area contributed by atoms with Crippen molar-refractivity contribution in [2.45, 2.75) is 25.6 Å². The Morgan fingerprint density at radius 2 is 1.72 bits per heavy atom. The van der Waals surface area contributed by atoms with Crippen molar-refractivity contribution in [1.29, 1.82) is 0 Å². The quantitative estimate of drug-likeness (QED) is 0.762. The number of hydrogen-bond donors (Lipinski definition) is 2. The summed E-state index contributed by atoms with van der Waals surface area (Å²) in [6.07, 6.45) is -4.11. The van der Waals surface area contributed by atoms with Crippen LogP contribution in [0.25, 0.3) is 0 Å². The zero-order chi connectivity index (χ0) is 18.6. The van der Waals surface area contributed by atoms with Crippen molar-refractivity contribution in [2.75, 3.05) is 5.32 Å². The van der Waals surface area contributed by atoms with Crippen molar-refractivity contribution in [3.8, 4) is 0 Å². The van der Waals surface area contributed by atoms with E-state index >= 15 is 0 Å². The molecule has 134 valence electrons. The third-order valence-corrected chi connectivity index (χ3v) is 3.38. The maximum absolute atomic E-state index is 13.5. The summed E-state index contributed by atoms with van der Waals surface area (Å²) in [5.41, 5.74) is -0.323. The lowest BCUT2D eigenvalue weighted by Crippen LogP contribution is -2.37. The second kappa shape index (κ2) is 7.50. The van der Waals surface area contributed by atoms with Gasteiger partial charge >= 0.3 is 12.2 Å². The second-order valence-corrected chi connectivity index (χ2v) is 5.52. The lowest BCUT2D eigenvalue weighted by Gasteiger charge is -2.15. The van der Waals surface area contributed by atoms with Gasteiger partial charge in [-0.3, -0.25) is 0 Å². The minimum atomic E-state index is -4.40. The van der Waals surface area contributed by atoms with Gasteiger partial charge in [-0.15, -0.1) is 0 Å². The van der Waals surface area contributed by atoms with Gasteiger partial charge in [0.05, 0.1) is 11.3 Å². The van der Waals surface area contributed by atoms with E-state index in [0.717, 1.165) is 24.3 Å². The highest BCUT2D eigenvalue weighted by Crippen LogP contribution is 2.29. The van der Waals surface area contributed by atoms with Crippen LogP contribution >= 0.6 is 0 Å². The van der Waals surface area contributed by atoms with E-state index in [1.165, 1.54) is 12.1 Å². The van der Waals surface area contributed by atoms with Crippen LogP contribution in [0, 0.1) is 11.6 Å². The van der Waals surface area contributed by atoms with E-state index < -0.39 is 35.4 Å². The molecule has 3 nitrogen and oxygen atoms in total. The largest absolute Gasteiger partial charge is 0.416 e. The monoisotopic (exact) mass is 358 g/mol. The van der Waals surface area contributed by atoms with Crippen molar-refractivity contribution in [2.24, 2.45) is 0 Å². The van der Waals surface area contributed by atoms with Gasteiger partial charge in [0.1, 0.15) is 11.6 Å². The molecule has 2 amide bonds. The second-order valence-electron chi connectivity index (χ2n) is 5.52. The molecule has 2 rings (SSSR count). The third kappa shape index (κ3) is 5.44. The molecule has 0 aliphatic rings. The Hall–Kier alpha value is -2.64. The molecular formula is C17H15F5N2O. The van der Waals surface area contributed by atoms with Gasteiger partial charge in [-0.25, -0.2) is 13.6 Å². The number of hydrogen-bond acceptors (Lipinski definition) is 1. The third-order valence-electron chi connectivity index (χ3n) is 3.38. The summed E-state index contributed by atoms with van der Waals surface area (Å²) in [4.78, 5) is 11.8. The van der Waals surface area contributed by atoms with Crippen LogP contribution in [0.1, 0.15) is 18.1 Å². The highest BCUT2D eigenvalue weighted by molar-refractivity contribution is 5.89. The van der Waals surface area contributed by atoms with Crippen LogP contribution in [0.15, 0.2) is 42.5 Å². The highest BCUT2D eigenvalue weighted by atomic mass is 19.4. The van der Waals surface area contributed by atoms with Crippen LogP contribution in [0.4, 0.5) is 32.4 Å². The number of carbonyl (C=O) groups excluding carboxylic acids is 1. The zero-order valence-corrected chi connectivity index (χ0v) is 13.1. The molecule has 25 heavy (non-hydrogen) atoms.